The van der Waals surface area contributed by atoms with Crippen molar-refractivity contribution in [3.05, 3.63) is 36.1 Å². The SMILES string of the molecule is CC(CCCN)C(=O)N(C)C(C)c1cc2ccccc2o1. The summed E-state index contributed by atoms with van der Waals surface area (Å²) in [6, 6.07) is 9.82. The molecular weight excluding hydrogens is 264 g/mol. The van der Waals surface area contributed by atoms with Crippen molar-refractivity contribution in [3.63, 3.8) is 0 Å². The third-order valence-electron chi connectivity index (χ3n) is 4.05. The number of benzene rings is 1. The first-order valence-corrected chi connectivity index (χ1v) is 7.49. The molecule has 1 amide bonds. The van der Waals surface area contributed by atoms with Crippen LogP contribution in [0, 0.1) is 5.92 Å². The summed E-state index contributed by atoms with van der Waals surface area (Å²) in [6.07, 6.45) is 1.70. The van der Waals surface area contributed by atoms with Gasteiger partial charge in [-0.05, 0) is 38.4 Å². The second-order valence-corrected chi connectivity index (χ2v) is 5.64. The van der Waals surface area contributed by atoms with Gasteiger partial charge in [0.25, 0.3) is 0 Å². The van der Waals surface area contributed by atoms with Gasteiger partial charge < -0.3 is 15.1 Å². The van der Waals surface area contributed by atoms with Gasteiger partial charge >= 0.3 is 0 Å². The van der Waals surface area contributed by atoms with Gasteiger partial charge in [-0.1, -0.05) is 25.1 Å². The number of carbonyl (C=O) groups excluding carboxylic acids is 1. The lowest BCUT2D eigenvalue weighted by Gasteiger charge is -2.26. The van der Waals surface area contributed by atoms with E-state index in [0.29, 0.717) is 6.54 Å². The lowest BCUT2D eigenvalue weighted by atomic mass is 10.0. The average Bonchev–Trinajstić information content (AvgIpc) is 2.94. The summed E-state index contributed by atoms with van der Waals surface area (Å²) in [6.45, 7) is 4.57. The number of hydrogen-bond acceptors (Lipinski definition) is 3. The summed E-state index contributed by atoms with van der Waals surface area (Å²) in [5.41, 5.74) is 6.36. The summed E-state index contributed by atoms with van der Waals surface area (Å²) in [5.74, 6) is 0.944. The molecule has 1 aromatic carbocycles. The molecule has 2 N–H and O–H groups in total. The van der Waals surface area contributed by atoms with E-state index in [1.807, 2.05) is 51.2 Å². The van der Waals surface area contributed by atoms with E-state index in [0.717, 1.165) is 29.6 Å². The van der Waals surface area contributed by atoms with Crippen LogP contribution in [0.4, 0.5) is 0 Å². The first-order valence-electron chi connectivity index (χ1n) is 7.49. The molecule has 4 heteroatoms. The third-order valence-corrected chi connectivity index (χ3v) is 4.05. The molecule has 1 heterocycles. The smallest absolute Gasteiger partial charge is 0.225 e. The fourth-order valence-corrected chi connectivity index (χ4v) is 2.49. The van der Waals surface area contributed by atoms with Gasteiger partial charge in [0, 0.05) is 18.4 Å². The standard InChI is InChI=1S/C17H24N2O2/c1-12(7-6-10-18)17(20)19(3)13(2)16-11-14-8-4-5-9-15(14)21-16/h4-5,8-9,11-13H,6-7,10,18H2,1-3H3. The highest BCUT2D eigenvalue weighted by Crippen LogP contribution is 2.27. The Balaban J connectivity index is 2.10. The van der Waals surface area contributed by atoms with Crippen LogP contribution >= 0.6 is 0 Å². The predicted molar refractivity (Wildman–Crippen MR) is 84.9 cm³/mol. The first kappa shape index (κ1) is 15.6. The van der Waals surface area contributed by atoms with E-state index in [2.05, 4.69) is 0 Å². The molecule has 2 atom stereocenters. The Morgan fingerprint density at radius 2 is 2.05 bits per heavy atom. The van der Waals surface area contributed by atoms with Crippen molar-refractivity contribution in [3.8, 4) is 0 Å². The highest BCUT2D eigenvalue weighted by molar-refractivity contribution is 5.80. The van der Waals surface area contributed by atoms with Crippen LogP contribution in [0.25, 0.3) is 11.0 Å². The molecule has 0 fully saturated rings. The Morgan fingerprint density at radius 3 is 2.71 bits per heavy atom. The zero-order valence-corrected chi connectivity index (χ0v) is 13.0. The number of carbonyl (C=O) groups is 1. The van der Waals surface area contributed by atoms with Crippen LogP contribution < -0.4 is 5.73 Å². The second kappa shape index (κ2) is 6.76. The number of hydrogen-bond donors (Lipinski definition) is 1. The van der Waals surface area contributed by atoms with Crippen molar-refractivity contribution >= 4 is 16.9 Å². The zero-order chi connectivity index (χ0) is 15.4. The van der Waals surface area contributed by atoms with Crippen molar-refractivity contribution in [2.24, 2.45) is 11.7 Å². The molecule has 0 aliphatic heterocycles. The largest absolute Gasteiger partial charge is 0.459 e. The van der Waals surface area contributed by atoms with Gasteiger partial charge in [-0.3, -0.25) is 4.79 Å². The number of furan rings is 1. The lowest BCUT2D eigenvalue weighted by molar-refractivity contribution is -0.136. The minimum absolute atomic E-state index is 0.00891. The van der Waals surface area contributed by atoms with E-state index in [9.17, 15) is 4.79 Å². The van der Waals surface area contributed by atoms with Crippen molar-refractivity contribution in [2.75, 3.05) is 13.6 Å². The topological polar surface area (TPSA) is 59.5 Å². The monoisotopic (exact) mass is 288 g/mol. The summed E-state index contributed by atoms with van der Waals surface area (Å²) in [5, 5.41) is 1.07. The maximum Gasteiger partial charge on any atom is 0.225 e. The van der Waals surface area contributed by atoms with Crippen LogP contribution in [-0.2, 0) is 4.79 Å². The maximum atomic E-state index is 12.4. The molecule has 2 rings (SSSR count). The van der Waals surface area contributed by atoms with Gasteiger partial charge in [-0.2, -0.15) is 0 Å². The average molecular weight is 288 g/mol. The number of nitrogens with zero attached hydrogens (tertiary/aromatic N) is 1. The fourth-order valence-electron chi connectivity index (χ4n) is 2.49. The number of amides is 1. The van der Waals surface area contributed by atoms with Crippen LogP contribution in [0.1, 0.15) is 38.5 Å². The molecule has 0 radical (unpaired) electrons. The number of fused-ring (bicyclic) bond motifs is 1. The Morgan fingerprint density at radius 1 is 1.33 bits per heavy atom. The molecule has 0 saturated heterocycles. The van der Waals surface area contributed by atoms with Crippen LogP contribution in [0.3, 0.4) is 0 Å². The molecule has 2 aromatic rings. The molecule has 0 bridgehead atoms. The van der Waals surface area contributed by atoms with Crippen molar-refractivity contribution in [2.45, 2.75) is 32.7 Å². The van der Waals surface area contributed by atoms with E-state index in [4.69, 9.17) is 10.2 Å². The van der Waals surface area contributed by atoms with Gasteiger partial charge in [-0.15, -0.1) is 0 Å². The molecule has 21 heavy (non-hydrogen) atoms. The Hall–Kier alpha value is -1.81. The van der Waals surface area contributed by atoms with Crippen LogP contribution in [-0.4, -0.2) is 24.4 Å². The summed E-state index contributed by atoms with van der Waals surface area (Å²) in [7, 11) is 1.83. The van der Waals surface area contributed by atoms with Crippen LogP contribution in [0.15, 0.2) is 34.7 Å². The van der Waals surface area contributed by atoms with Gasteiger partial charge in [0.15, 0.2) is 0 Å². The summed E-state index contributed by atoms with van der Waals surface area (Å²) in [4.78, 5) is 14.2. The van der Waals surface area contributed by atoms with Gasteiger partial charge in [0.2, 0.25) is 5.91 Å². The number of nitrogens with two attached hydrogens (primary N) is 1. The van der Waals surface area contributed by atoms with E-state index in [-0.39, 0.29) is 17.9 Å². The van der Waals surface area contributed by atoms with E-state index in [1.54, 1.807) is 4.90 Å². The molecule has 0 aliphatic carbocycles. The zero-order valence-electron chi connectivity index (χ0n) is 13.0. The summed E-state index contributed by atoms with van der Waals surface area (Å²) < 4.78 is 5.85. The highest BCUT2D eigenvalue weighted by atomic mass is 16.3. The highest BCUT2D eigenvalue weighted by Gasteiger charge is 2.24. The normalized spacial score (nSPS) is 14.1. The Bertz CT molecular complexity index is 573. The minimum atomic E-state index is -0.0785. The van der Waals surface area contributed by atoms with E-state index in [1.165, 1.54) is 0 Å². The Kier molecular flexibility index (Phi) is 5.02. The molecule has 1 aromatic heterocycles. The van der Waals surface area contributed by atoms with Crippen molar-refractivity contribution in [1.82, 2.24) is 4.90 Å². The fraction of sp³-hybridized carbons (Fsp3) is 0.471. The van der Waals surface area contributed by atoms with E-state index >= 15 is 0 Å². The molecule has 2 unspecified atom stereocenters. The predicted octanol–water partition coefficient (Wildman–Crippen LogP) is 3.33. The molecule has 0 spiro atoms. The van der Waals surface area contributed by atoms with Crippen molar-refractivity contribution in [1.29, 1.82) is 0 Å². The van der Waals surface area contributed by atoms with Crippen LogP contribution in [0.5, 0.6) is 0 Å². The first-order chi connectivity index (χ1) is 10.0. The molecule has 0 saturated carbocycles. The van der Waals surface area contributed by atoms with Crippen LogP contribution in [0.2, 0.25) is 0 Å². The van der Waals surface area contributed by atoms with Gasteiger partial charge in [-0.25, -0.2) is 0 Å². The van der Waals surface area contributed by atoms with Crippen molar-refractivity contribution < 1.29 is 9.21 Å². The number of rotatable bonds is 6. The summed E-state index contributed by atoms with van der Waals surface area (Å²) >= 11 is 0. The molecule has 4 nitrogen and oxygen atoms in total. The van der Waals surface area contributed by atoms with Gasteiger partial charge in [0.05, 0.1) is 6.04 Å². The maximum absolute atomic E-state index is 12.4. The number of para-hydroxylation sites is 1. The molecule has 0 aliphatic rings. The lowest BCUT2D eigenvalue weighted by Crippen LogP contribution is -2.34. The third kappa shape index (κ3) is 3.45. The second-order valence-electron chi connectivity index (χ2n) is 5.64. The van der Waals surface area contributed by atoms with Gasteiger partial charge in [0.1, 0.15) is 11.3 Å². The minimum Gasteiger partial charge on any atom is -0.459 e. The van der Waals surface area contributed by atoms with E-state index < -0.39 is 0 Å². The Labute approximate surface area is 125 Å². The molecular formula is C17H24N2O2. The quantitative estimate of drug-likeness (QED) is 0.887. The molecule has 114 valence electrons.